The van der Waals surface area contributed by atoms with Gasteiger partial charge in [0.15, 0.2) is 0 Å². The van der Waals surface area contributed by atoms with Crippen LogP contribution < -0.4 is 4.74 Å². The fourth-order valence-electron chi connectivity index (χ4n) is 2.02. The van der Waals surface area contributed by atoms with Crippen LogP contribution in [0.4, 0.5) is 0 Å². The van der Waals surface area contributed by atoms with Crippen molar-refractivity contribution >= 4 is 11.9 Å². The Balaban J connectivity index is 2.43. The first-order chi connectivity index (χ1) is 11.2. The van der Waals surface area contributed by atoms with Crippen molar-refractivity contribution in [2.45, 2.75) is 26.4 Å². The Hall–Kier alpha value is -2.89. The summed E-state index contributed by atoms with van der Waals surface area (Å²) in [6, 6.07) is 9.44. The predicted molar refractivity (Wildman–Crippen MR) is 88.4 cm³/mol. The second-order valence-corrected chi connectivity index (χ2v) is 6.17. The third-order valence-electron chi connectivity index (χ3n) is 3.05. The Kier molecular flexibility index (Phi) is 4.87. The third-order valence-corrected chi connectivity index (χ3v) is 3.05. The molecule has 0 aliphatic carbocycles. The van der Waals surface area contributed by atoms with E-state index in [2.05, 4.69) is 4.98 Å². The smallest absolute Gasteiger partial charge is 0.338 e. The second kappa shape index (κ2) is 6.70. The van der Waals surface area contributed by atoms with Crippen LogP contribution in [0, 0.1) is 0 Å². The molecule has 24 heavy (non-hydrogen) atoms. The van der Waals surface area contributed by atoms with Crippen molar-refractivity contribution in [1.29, 1.82) is 0 Å². The van der Waals surface area contributed by atoms with Crippen LogP contribution in [0.1, 0.15) is 41.5 Å². The van der Waals surface area contributed by atoms with Crippen LogP contribution in [-0.2, 0) is 4.74 Å². The van der Waals surface area contributed by atoms with E-state index in [9.17, 15) is 14.7 Å². The first kappa shape index (κ1) is 17.5. The minimum atomic E-state index is -1.08. The number of carbonyl (C=O) groups excluding carboxylic acids is 1. The first-order valence-corrected chi connectivity index (χ1v) is 7.33. The summed E-state index contributed by atoms with van der Waals surface area (Å²) in [6.07, 6.45) is 0. The van der Waals surface area contributed by atoms with Crippen molar-refractivity contribution in [2.24, 2.45) is 0 Å². The van der Waals surface area contributed by atoms with Gasteiger partial charge < -0.3 is 14.6 Å². The van der Waals surface area contributed by atoms with E-state index in [1.165, 1.54) is 19.2 Å². The molecule has 0 aliphatic rings. The lowest BCUT2D eigenvalue weighted by molar-refractivity contribution is 0.00693. The summed E-state index contributed by atoms with van der Waals surface area (Å²) in [7, 11) is 1.41. The Morgan fingerprint density at radius 2 is 1.79 bits per heavy atom. The van der Waals surface area contributed by atoms with Crippen molar-refractivity contribution in [3.63, 3.8) is 0 Å². The number of hydrogen-bond donors (Lipinski definition) is 1. The fraction of sp³-hybridized carbons (Fsp3) is 0.278. The first-order valence-electron chi connectivity index (χ1n) is 7.33. The Morgan fingerprint density at radius 3 is 2.38 bits per heavy atom. The number of hydrogen-bond acceptors (Lipinski definition) is 5. The maximum atomic E-state index is 12.2. The van der Waals surface area contributed by atoms with Crippen LogP contribution in [0.15, 0.2) is 36.4 Å². The number of pyridine rings is 1. The van der Waals surface area contributed by atoms with Gasteiger partial charge in [0, 0.05) is 11.6 Å². The number of aromatic carboxylic acids is 1. The van der Waals surface area contributed by atoms with Crippen LogP contribution in [0.2, 0.25) is 0 Å². The maximum Gasteiger partial charge on any atom is 0.338 e. The molecule has 0 amide bonds. The summed E-state index contributed by atoms with van der Waals surface area (Å²) in [5.41, 5.74) is 0.818. The zero-order valence-electron chi connectivity index (χ0n) is 14.0. The molecular weight excluding hydrogens is 310 g/mol. The predicted octanol–water partition coefficient (Wildman–Crippen LogP) is 3.41. The molecule has 6 nitrogen and oxygen atoms in total. The quantitative estimate of drug-likeness (QED) is 0.865. The van der Waals surface area contributed by atoms with E-state index in [0.29, 0.717) is 16.8 Å². The standard InChI is InChI=1S/C18H19NO5/c1-18(2,3)24-17(22)12-7-5-6-11(8-12)14-9-13(16(20)21)10-15(19-14)23-4/h5-10H,1-4H3,(H,20,21). The molecule has 1 heterocycles. The topological polar surface area (TPSA) is 85.7 Å². The summed E-state index contributed by atoms with van der Waals surface area (Å²) in [6.45, 7) is 5.37. The molecule has 2 aromatic rings. The van der Waals surface area contributed by atoms with Crippen molar-refractivity contribution in [1.82, 2.24) is 4.98 Å². The van der Waals surface area contributed by atoms with Crippen molar-refractivity contribution < 1.29 is 24.2 Å². The third kappa shape index (κ3) is 4.32. The molecule has 0 radical (unpaired) electrons. The van der Waals surface area contributed by atoms with Crippen LogP contribution in [0.3, 0.4) is 0 Å². The molecular formula is C18H19NO5. The van der Waals surface area contributed by atoms with Gasteiger partial charge in [0.2, 0.25) is 5.88 Å². The van der Waals surface area contributed by atoms with Gasteiger partial charge in [-0.1, -0.05) is 12.1 Å². The number of ether oxygens (including phenoxy) is 2. The highest BCUT2D eigenvalue weighted by atomic mass is 16.6. The van der Waals surface area contributed by atoms with E-state index in [1.54, 1.807) is 45.0 Å². The Morgan fingerprint density at radius 1 is 1.08 bits per heavy atom. The summed E-state index contributed by atoms with van der Waals surface area (Å²) in [5, 5.41) is 9.19. The molecule has 1 aromatic heterocycles. The van der Waals surface area contributed by atoms with Gasteiger partial charge in [-0.05, 0) is 39.0 Å². The Labute approximate surface area is 140 Å². The molecule has 1 N–H and O–H groups in total. The molecule has 0 saturated heterocycles. The van der Waals surface area contributed by atoms with Crippen molar-refractivity contribution in [3.8, 4) is 17.1 Å². The van der Waals surface area contributed by atoms with Gasteiger partial charge in [0.05, 0.1) is 23.9 Å². The molecule has 1 aromatic carbocycles. The maximum absolute atomic E-state index is 12.2. The number of aromatic nitrogens is 1. The zero-order valence-corrected chi connectivity index (χ0v) is 14.0. The normalized spacial score (nSPS) is 11.0. The SMILES string of the molecule is COc1cc(C(=O)O)cc(-c2cccc(C(=O)OC(C)(C)C)c2)n1. The number of esters is 1. The van der Waals surface area contributed by atoms with Gasteiger partial charge in [-0.15, -0.1) is 0 Å². The fourth-order valence-corrected chi connectivity index (χ4v) is 2.02. The lowest BCUT2D eigenvalue weighted by Gasteiger charge is -2.19. The molecule has 0 saturated carbocycles. The number of benzene rings is 1. The number of rotatable bonds is 4. The van der Waals surface area contributed by atoms with E-state index in [-0.39, 0.29) is 11.4 Å². The van der Waals surface area contributed by atoms with Gasteiger partial charge in [-0.25, -0.2) is 14.6 Å². The van der Waals surface area contributed by atoms with Crippen molar-refractivity contribution in [2.75, 3.05) is 7.11 Å². The van der Waals surface area contributed by atoms with Crippen LogP contribution in [-0.4, -0.2) is 34.7 Å². The molecule has 0 unspecified atom stereocenters. The molecule has 0 spiro atoms. The summed E-state index contributed by atoms with van der Waals surface area (Å²) < 4.78 is 10.4. The second-order valence-electron chi connectivity index (χ2n) is 6.17. The Bertz CT molecular complexity index is 777. The van der Waals surface area contributed by atoms with Gasteiger partial charge in [-0.2, -0.15) is 0 Å². The summed E-state index contributed by atoms with van der Waals surface area (Å²) in [4.78, 5) is 27.6. The average Bonchev–Trinajstić information content (AvgIpc) is 2.52. The number of carboxylic acids is 1. The van der Waals surface area contributed by atoms with E-state index < -0.39 is 17.5 Å². The van der Waals surface area contributed by atoms with Gasteiger partial charge in [-0.3, -0.25) is 0 Å². The minimum absolute atomic E-state index is 0.0551. The van der Waals surface area contributed by atoms with Crippen LogP contribution >= 0.6 is 0 Å². The number of methoxy groups -OCH3 is 1. The molecule has 2 rings (SSSR count). The molecule has 0 bridgehead atoms. The van der Waals surface area contributed by atoms with Gasteiger partial charge in [0.25, 0.3) is 0 Å². The lowest BCUT2D eigenvalue weighted by Crippen LogP contribution is -2.23. The summed E-state index contributed by atoms with van der Waals surface area (Å²) in [5.74, 6) is -1.35. The van der Waals surface area contributed by atoms with Crippen LogP contribution in [0.25, 0.3) is 11.3 Å². The molecule has 0 aliphatic heterocycles. The molecule has 0 fully saturated rings. The van der Waals surface area contributed by atoms with E-state index in [4.69, 9.17) is 9.47 Å². The number of carbonyl (C=O) groups is 2. The zero-order chi connectivity index (χ0) is 17.9. The largest absolute Gasteiger partial charge is 0.481 e. The van der Waals surface area contributed by atoms with Crippen molar-refractivity contribution in [3.05, 3.63) is 47.5 Å². The van der Waals surface area contributed by atoms with E-state index in [0.717, 1.165) is 0 Å². The van der Waals surface area contributed by atoms with E-state index in [1.807, 2.05) is 0 Å². The minimum Gasteiger partial charge on any atom is -0.481 e. The lowest BCUT2D eigenvalue weighted by atomic mass is 10.1. The highest BCUT2D eigenvalue weighted by Gasteiger charge is 2.18. The monoisotopic (exact) mass is 329 g/mol. The highest BCUT2D eigenvalue weighted by Crippen LogP contribution is 2.24. The number of carboxylic acid groups (broad SMARTS) is 1. The number of nitrogens with zero attached hydrogens (tertiary/aromatic N) is 1. The van der Waals surface area contributed by atoms with Gasteiger partial charge in [0.1, 0.15) is 5.60 Å². The average molecular weight is 329 g/mol. The molecule has 126 valence electrons. The van der Waals surface area contributed by atoms with E-state index >= 15 is 0 Å². The highest BCUT2D eigenvalue weighted by molar-refractivity contribution is 5.92. The molecule has 6 heteroatoms. The van der Waals surface area contributed by atoms with Crippen LogP contribution in [0.5, 0.6) is 5.88 Å². The summed E-state index contributed by atoms with van der Waals surface area (Å²) >= 11 is 0. The molecule has 0 atom stereocenters. The van der Waals surface area contributed by atoms with Gasteiger partial charge >= 0.3 is 11.9 Å².